The van der Waals surface area contributed by atoms with Gasteiger partial charge in [0.15, 0.2) is 17.3 Å². The second-order valence-corrected chi connectivity index (χ2v) is 14.4. The van der Waals surface area contributed by atoms with E-state index in [9.17, 15) is 4.79 Å². The molecule has 48 heavy (non-hydrogen) atoms. The lowest BCUT2D eigenvalue weighted by Crippen LogP contribution is -2.08. The molecule has 0 saturated heterocycles. The third-order valence-corrected chi connectivity index (χ3v) is 9.68. The lowest BCUT2D eigenvalue weighted by molar-refractivity contribution is 0.101. The van der Waals surface area contributed by atoms with Crippen LogP contribution in [0.5, 0.6) is 17.2 Å². The molecule has 0 aromatic heterocycles. The molecule has 0 fully saturated rings. The standard InChI is InChI=1S/C44H80O4/c1-5-8-11-14-17-20-23-26-29-32-35-46-42-38-41(40(4)45)39-43(47-36-33-30-27-24-21-18-15-12-9-6-2)44(42)48-37-34-31-28-25-22-19-16-13-10-7-3/h38-39H,5-37H2,1-4H3. The summed E-state index contributed by atoms with van der Waals surface area (Å²) in [6.45, 7) is 10.4. The van der Waals surface area contributed by atoms with E-state index >= 15 is 0 Å². The quantitative estimate of drug-likeness (QED) is 0.0521. The minimum Gasteiger partial charge on any atom is -0.490 e. The second kappa shape index (κ2) is 33.8. The van der Waals surface area contributed by atoms with Gasteiger partial charge in [0, 0.05) is 5.56 Å². The predicted molar refractivity (Wildman–Crippen MR) is 208 cm³/mol. The van der Waals surface area contributed by atoms with Gasteiger partial charge < -0.3 is 14.2 Å². The van der Waals surface area contributed by atoms with Crippen LogP contribution in [0.4, 0.5) is 0 Å². The van der Waals surface area contributed by atoms with E-state index in [1.165, 1.54) is 173 Å². The highest BCUT2D eigenvalue weighted by Gasteiger charge is 2.18. The molecule has 1 rings (SSSR count). The van der Waals surface area contributed by atoms with Crippen LogP contribution in [-0.4, -0.2) is 25.6 Å². The highest BCUT2D eigenvalue weighted by atomic mass is 16.5. The molecule has 0 saturated carbocycles. The average Bonchev–Trinajstić information content (AvgIpc) is 3.08. The molecule has 0 amide bonds. The molecule has 1 aromatic carbocycles. The number of carbonyl (C=O) groups is 1. The van der Waals surface area contributed by atoms with Gasteiger partial charge in [-0.1, -0.05) is 194 Å². The molecule has 0 aliphatic rings. The minimum atomic E-state index is 0.0313. The van der Waals surface area contributed by atoms with Gasteiger partial charge in [-0.15, -0.1) is 0 Å². The Morgan fingerprint density at radius 2 is 0.646 bits per heavy atom. The first kappa shape index (κ1) is 44.3. The van der Waals surface area contributed by atoms with Crippen LogP contribution < -0.4 is 14.2 Å². The van der Waals surface area contributed by atoms with Crippen molar-refractivity contribution in [2.75, 3.05) is 19.8 Å². The number of ketones is 1. The SMILES string of the molecule is CCCCCCCCCCCCOc1cc(C(C)=O)cc(OCCCCCCCCCCCC)c1OCCCCCCCCCCCC. The number of ether oxygens (including phenoxy) is 3. The van der Waals surface area contributed by atoms with Crippen LogP contribution in [0.25, 0.3) is 0 Å². The minimum absolute atomic E-state index is 0.0313. The van der Waals surface area contributed by atoms with Crippen LogP contribution in [0.15, 0.2) is 12.1 Å². The molecule has 280 valence electrons. The predicted octanol–water partition coefficient (Wildman–Crippen LogP) is 14.8. The Morgan fingerprint density at radius 3 is 0.917 bits per heavy atom. The summed E-state index contributed by atoms with van der Waals surface area (Å²) in [6.07, 6.45) is 38.9. The van der Waals surface area contributed by atoms with E-state index in [4.69, 9.17) is 14.2 Å². The third kappa shape index (κ3) is 25.3. The maximum atomic E-state index is 12.5. The molecule has 0 spiro atoms. The van der Waals surface area contributed by atoms with Crippen molar-refractivity contribution in [2.24, 2.45) is 0 Å². The number of Topliss-reactive ketones (excluding diaryl/α,β-unsaturated/α-hetero) is 1. The van der Waals surface area contributed by atoms with Crippen molar-refractivity contribution in [1.82, 2.24) is 0 Å². The van der Waals surface area contributed by atoms with E-state index < -0.39 is 0 Å². The van der Waals surface area contributed by atoms with Crippen LogP contribution in [0.2, 0.25) is 0 Å². The van der Waals surface area contributed by atoms with Gasteiger partial charge in [-0.2, -0.15) is 0 Å². The zero-order valence-electron chi connectivity index (χ0n) is 32.6. The molecule has 0 N–H and O–H groups in total. The van der Waals surface area contributed by atoms with Crippen molar-refractivity contribution < 1.29 is 19.0 Å². The third-order valence-electron chi connectivity index (χ3n) is 9.68. The van der Waals surface area contributed by atoms with Crippen molar-refractivity contribution in [3.63, 3.8) is 0 Å². The first-order chi connectivity index (χ1) is 23.6. The average molecular weight is 673 g/mol. The lowest BCUT2D eigenvalue weighted by Gasteiger charge is -2.18. The van der Waals surface area contributed by atoms with Crippen molar-refractivity contribution in [3.05, 3.63) is 17.7 Å². The van der Waals surface area contributed by atoms with Gasteiger partial charge in [-0.3, -0.25) is 4.79 Å². The van der Waals surface area contributed by atoms with Crippen LogP contribution in [0, 0.1) is 0 Å². The maximum Gasteiger partial charge on any atom is 0.203 e. The Bertz CT molecular complexity index is 803. The molecule has 4 nitrogen and oxygen atoms in total. The van der Waals surface area contributed by atoms with Gasteiger partial charge in [0.2, 0.25) is 5.75 Å². The Hall–Kier alpha value is -1.71. The van der Waals surface area contributed by atoms with Gasteiger partial charge in [0.25, 0.3) is 0 Å². The van der Waals surface area contributed by atoms with Crippen LogP contribution in [0.3, 0.4) is 0 Å². The summed E-state index contributed by atoms with van der Waals surface area (Å²) in [7, 11) is 0. The summed E-state index contributed by atoms with van der Waals surface area (Å²) in [5.74, 6) is 2.06. The monoisotopic (exact) mass is 673 g/mol. The molecule has 0 atom stereocenters. The molecule has 0 radical (unpaired) electrons. The topological polar surface area (TPSA) is 44.8 Å². The van der Waals surface area contributed by atoms with E-state index in [0.29, 0.717) is 42.6 Å². The Labute approximate surface area is 299 Å². The van der Waals surface area contributed by atoms with Gasteiger partial charge in [-0.25, -0.2) is 0 Å². The summed E-state index contributed by atoms with van der Waals surface area (Å²) in [6, 6.07) is 3.75. The number of benzene rings is 1. The van der Waals surface area contributed by atoms with E-state index in [-0.39, 0.29) is 5.78 Å². The highest BCUT2D eigenvalue weighted by Crippen LogP contribution is 2.40. The molecular weight excluding hydrogens is 592 g/mol. The first-order valence-corrected chi connectivity index (χ1v) is 21.2. The van der Waals surface area contributed by atoms with Crippen molar-refractivity contribution in [2.45, 2.75) is 220 Å². The van der Waals surface area contributed by atoms with Crippen LogP contribution in [0.1, 0.15) is 231 Å². The number of unbranched alkanes of at least 4 members (excludes halogenated alkanes) is 27. The number of carbonyl (C=O) groups excluding carboxylic acids is 1. The fourth-order valence-corrected chi connectivity index (χ4v) is 6.44. The van der Waals surface area contributed by atoms with E-state index in [1.54, 1.807) is 6.92 Å². The Kier molecular flexibility index (Phi) is 31.2. The van der Waals surface area contributed by atoms with Crippen molar-refractivity contribution in [3.8, 4) is 17.2 Å². The molecule has 0 aliphatic heterocycles. The van der Waals surface area contributed by atoms with Crippen molar-refractivity contribution in [1.29, 1.82) is 0 Å². The lowest BCUT2D eigenvalue weighted by atomic mass is 10.1. The Balaban J connectivity index is 2.61. The molecule has 1 aromatic rings. The van der Waals surface area contributed by atoms with Gasteiger partial charge >= 0.3 is 0 Å². The van der Waals surface area contributed by atoms with E-state index in [1.807, 2.05) is 12.1 Å². The van der Waals surface area contributed by atoms with Crippen LogP contribution in [-0.2, 0) is 0 Å². The van der Waals surface area contributed by atoms with E-state index in [2.05, 4.69) is 20.8 Å². The number of hydrogen-bond donors (Lipinski definition) is 0. The number of rotatable bonds is 37. The molecule has 4 heteroatoms. The molecule has 0 unspecified atom stereocenters. The highest BCUT2D eigenvalue weighted by molar-refractivity contribution is 5.95. The van der Waals surface area contributed by atoms with Crippen LogP contribution >= 0.6 is 0 Å². The van der Waals surface area contributed by atoms with Gasteiger partial charge in [-0.05, 0) is 38.3 Å². The molecule has 0 aliphatic carbocycles. The normalized spacial score (nSPS) is 11.2. The molecule has 0 heterocycles. The van der Waals surface area contributed by atoms with Crippen molar-refractivity contribution >= 4 is 5.78 Å². The largest absolute Gasteiger partial charge is 0.490 e. The molecular formula is C44H80O4. The fourth-order valence-electron chi connectivity index (χ4n) is 6.44. The van der Waals surface area contributed by atoms with E-state index in [0.717, 1.165) is 19.3 Å². The smallest absolute Gasteiger partial charge is 0.203 e. The zero-order valence-corrected chi connectivity index (χ0v) is 32.6. The van der Waals surface area contributed by atoms with Gasteiger partial charge in [0.1, 0.15) is 0 Å². The Morgan fingerprint density at radius 1 is 0.396 bits per heavy atom. The fraction of sp³-hybridized carbons (Fsp3) is 0.841. The second-order valence-electron chi connectivity index (χ2n) is 14.4. The summed E-state index contributed by atoms with van der Waals surface area (Å²) in [4.78, 5) is 12.5. The summed E-state index contributed by atoms with van der Waals surface area (Å²) in [5.41, 5.74) is 0.637. The zero-order chi connectivity index (χ0) is 34.8. The van der Waals surface area contributed by atoms with Gasteiger partial charge in [0.05, 0.1) is 19.8 Å². The summed E-state index contributed by atoms with van der Waals surface area (Å²) >= 11 is 0. The first-order valence-electron chi connectivity index (χ1n) is 21.2. The summed E-state index contributed by atoms with van der Waals surface area (Å²) in [5, 5.41) is 0. The molecule has 0 bridgehead atoms. The maximum absolute atomic E-state index is 12.5. The number of hydrogen-bond acceptors (Lipinski definition) is 4. The summed E-state index contributed by atoms with van der Waals surface area (Å²) < 4.78 is 19.1.